The van der Waals surface area contributed by atoms with E-state index in [-0.39, 0.29) is 22.9 Å². The number of carboxylic acid groups (broad SMARTS) is 1. The molecule has 0 saturated carbocycles. The number of carbonyl (C=O) groups is 2. The van der Waals surface area contributed by atoms with Gasteiger partial charge in [-0.1, -0.05) is 17.7 Å². The molecule has 1 N–H and O–H groups in total. The largest absolute Gasteiger partial charge is 0.481 e. The van der Waals surface area contributed by atoms with Gasteiger partial charge in [0, 0.05) is 32.7 Å². The van der Waals surface area contributed by atoms with Gasteiger partial charge in [-0.25, -0.2) is 4.39 Å². The van der Waals surface area contributed by atoms with Gasteiger partial charge in [0.05, 0.1) is 17.0 Å². The lowest BCUT2D eigenvalue weighted by atomic mass is 10.1. The van der Waals surface area contributed by atoms with Crippen LogP contribution in [0.1, 0.15) is 16.8 Å². The molecule has 0 unspecified atom stereocenters. The van der Waals surface area contributed by atoms with Crippen LogP contribution in [-0.4, -0.2) is 59.5 Å². The van der Waals surface area contributed by atoms with Gasteiger partial charge in [-0.05, 0) is 12.1 Å². The van der Waals surface area contributed by atoms with Gasteiger partial charge in [0.15, 0.2) is 5.82 Å². The van der Waals surface area contributed by atoms with Crippen molar-refractivity contribution in [3.8, 4) is 0 Å². The molecule has 1 heterocycles. The maximum Gasteiger partial charge on any atom is 0.304 e. The van der Waals surface area contributed by atoms with Crippen LogP contribution in [0.5, 0.6) is 0 Å². The van der Waals surface area contributed by atoms with Crippen LogP contribution in [0.3, 0.4) is 0 Å². The van der Waals surface area contributed by atoms with Crippen molar-refractivity contribution in [2.24, 2.45) is 0 Å². The number of rotatable bonds is 4. The molecule has 1 aliphatic rings. The monoisotopic (exact) mass is 314 g/mol. The molecule has 0 spiro atoms. The van der Waals surface area contributed by atoms with Gasteiger partial charge in [0.2, 0.25) is 0 Å². The van der Waals surface area contributed by atoms with Gasteiger partial charge >= 0.3 is 5.97 Å². The van der Waals surface area contributed by atoms with Crippen molar-refractivity contribution in [2.75, 3.05) is 32.7 Å². The number of halogens is 2. The Labute approximate surface area is 126 Å². The minimum atomic E-state index is -0.838. The van der Waals surface area contributed by atoms with Crippen LogP contribution in [0.4, 0.5) is 4.39 Å². The molecule has 0 bridgehead atoms. The van der Waals surface area contributed by atoms with Crippen molar-refractivity contribution in [3.05, 3.63) is 34.6 Å². The van der Waals surface area contributed by atoms with Gasteiger partial charge in [0.1, 0.15) is 0 Å². The number of aliphatic carboxylic acids is 1. The van der Waals surface area contributed by atoms with E-state index in [4.69, 9.17) is 16.7 Å². The van der Waals surface area contributed by atoms with Gasteiger partial charge in [0.25, 0.3) is 5.91 Å². The van der Waals surface area contributed by atoms with E-state index in [0.717, 1.165) is 0 Å². The van der Waals surface area contributed by atoms with Crippen LogP contribution in [-0.2, 0) is 4.79 Å². The van der Waals surface area contributed by atoms with Crippen molar-refractivity contribution in [3.63, 3.8) is 0 Å². The minimum absolute atomic E-state index is 0.0264. The molecule has 0 atom stereocenters. The highest BCUT2D eigenvalue weighted by Gasteiger charge is 2.24. The first-order valence-electron chi connectivity index (χ1n) is 6.66. The molecular formula is C14H16ClFN2O3. The van der Waals surface area contributed by atoms with Crippen LogP contribution < -0.4 is 0 Å². The fourth-order valence-corrected chi connectivity index (χ4v) is 2.44. The number of benzene rings is 1. The van der Waals surface area contributed by atoms with E-state index in [0.29, 0.717) is 32.7 Å². The first kappa shape index (κ1) is 15.7. The zero-order valence-corrected chi connectivity index (χ0v) is 12.1. The van der Waals surface area contributed by atoms with Crippen LogP contribution in [0.15, 0.2) is 18.2 Å². The molecule has 21 heavy (non-hydrogen) atoms. The van der Waals surface area contributed by atoms with E-state index < -0.39 is 11.8 Å². The first-order valence-corrected chi connectivity index (χ1v) is 7.04. The average molecular weight is 315 g/mol. The highest BCUT2D eigenvalue weighted by molar-refractivity contribution is 6.31. The molecule has 2 rings (SSSR count). The molecule has 5 nitrogen and oxygen atoms in total. The summed E-state index contributed by atoms with van der Waals surface area (Å²) in [4.78, 5) is 26.3. The number of hydrogen-bond donors (Lipinski definition) is 1. The fourth-order valence-electron chi connectivity index (χ4n) is 2.27. The molecule has 0 aliphatic carbocycles. The molecule has 1 aliphatic heterocycles. The number of nitrogens with zero attached hydrogens (tertiary/aromatic N) is 2. The Morgan fingerprint density at radius 3 is 2.52 bits per heavy atom. The zero-order chi connectivity index (χ0) is 15.4. The van der Waals surface area contributed by atoms with Crippen LogP contribution in [0.2, 0.25) is 5.02 Å². The van der Waals surface area contributed by atoms with E-state index in [9.17, 15) is 14.0 Å². The molecule has 7 heteroatoms. The topological polar surface area (TPSA) is 60.9 Å². The Kier molecular flexibility index (Phi) is 5.14. The van der Waals surface area contributed by atoms with E-state index in [1.807, 2.05) is 4.90 Å². The zero-order valence-electron chi connectivity index (χ0n) is 11.4. The third-order valence-corrected chi connectivity index (χ3v) is 3.78. The molecule has 1 saturated heterocycles. The lowest BCUT2D eigenvalue weighted by Gasteiger charge is -2.34. The number of carboxylic acids is 1. The van der Waals surface area contributed by atoms with E-state index >= 15 is 0 Å². The molecule has 1 fully saturated rings. The highest BCUT2D eigenvalue weighted by Crippen LogP contribution is 2.20. The van der Waals surface area contributed by atoms with Crippen molar-refractivity contribution in [1.29, 1.82) is 0 Å². The lowest BCUT2D eigenvalue weighted by molar-refractivity contribution is -0.137. The number of hydrogen-bond acceptors (Lipinski definition) is 3. The van der Waals surface area contributed by atoms with Gasteiger partial charge < -0.3 is 10.0 Å². The second-order valence-electron chi connectivity index (χ2n) is 4.88. The number of piperazine rings is 1. The fraction of sp³-hybridized carbons (Fsp3) is 0.429. The minimum Gasteiger partial charge on any atom is -0.481 e. The Morgan fingerprint density at radius 2 is 1.90 bits per heavy atom. The highest BCUT2D eigenvalue weighted by atomic mass is 35.5. The maximum absolute atomic E-state index is 13.8. The molecule has 1 aromatic carbocycles. The average Bonchev–Trinajstić information content (AvgIpc) is 2.48. The summed E-state index contributed by atoms with van der Waals surface area (Å²) in [5.74, 6) is -1.92. The quantitative estimate of drug-likeness (QED) is 0.919. The molecule has 1 aromatic rings. The number of carbonyl (C=O) groups excluding carboxylic acids is 1. The third-order valence-electron chi connectivity index (χ3n) is 3.48. The Hall–Kier alpha value is -1.66. The Bertz CT molecular complexity index is 545. The summed E-state index contributed by atoms with van der Waals surface area (Å²) in [5, 5.41) is 8.58. The summed E-state index contributed by atoms with van der Waals surface area (Å²) in [6.07, 6.45) is 0.0802. The van der Waals surface area contributed by atoms with Gasteiger partial charge in [-0.3, -0.25) is 14.5 Å². The smallest absolute Gasteiger partial charge is 0.304 e. The summed E-state index contributed by atoms with van der Waals surface area (Å²) in [5.41, 5.74) is -0.0264. The SMILES string of the molecule is O=C(O)CCN1CCN(C(=O)c2cccc(Cl)c2F)CC1. The summed E-state index contributed by atoms with van der Waals surface area (Å²) >= 11 is 5.68. The predicted molar refractivity (Wildman–Crippen MR) is 76.0 cm³/mol. The first-order chi connectivity index (χ1) is 9.99. The summed E-state index contributed by atoms with van der Waals surface area (Å²) in [6.45, 7) is 2.53. The Morgan fingerprint density at radius 1 is 1.24 bits per heavy atom. The molecule has 0 radical (unpaired) electrons. The Balaban J connectivity index is 1.94. The normalized spacial score (nSPS) is 16.0. The summed E-state index contributed by atoms with van der Waals surface area (Å²) < 4.78 is 13.8. The molecule has 0 aromatic heterocycles. The third kappa shape index (κ3) is 3.92. The second-order valence-corrected chi connectivity index (χ2v) is 5.29. The molecule has 114 valence electrons. The van der Waals surface area contributed by atoms with Crippen molar-refractivity contribution in [1.82, 2.24) is 9.80 Å². The second kappa shape index (κ2) is 6.87. The summed E-state index contributed by atoms with van der Waals surface area (Å²) in [6, 6.07) is 4.36. The number of amides is 1. The van der Waals surface area contributed by atoms with E-state index in [1.54, 1.807) is 11.0 Å². The predicted octanol–water partition coefficient (Wildman–Crippen LogP) is 1.71. The molecular weight excluding hydrogens is 299 g/mol. The van der Waals surface area contributed by atoms with Crippen molar-refractivity contribution in [2.45, 2.75) is 6.42 Å². The molecule has 1 amide bonds. The van der Waals surface area contributed by atoms with Crippen LogP contribution >= 0.6 is 11.6 Å². The maximum atomic E-state index is 13.8. The van der Waals surface area contributed by atoms with Crippen LogP contribution in [0.25, 0.3) is 0 Å². The summed E-state index contributed by atoms with van der Waals surface area (Å²) in [7, 11) is 0. The lowest BCUT2D eigenvalue weighted by Crippen LogP contribution is -2.49. The van der Waals surface area contributed by atoms with Gasteiger partial charge in [-0.2, -0.15) is 0 Å². The van der Waals surface area contributed by atoms with E-state index in [2.05, 4.69) is 0 Å². The van der Waals surface area contributed by atoms with E-state index in [1.165, 1.54) is 12.1 Å². The van der Waals surface area contributed by atoms with Crippen LogP contribution in [0, 0.1) is 5.82 Å². The van der Waals surface area contributed by atoms with Crippen molar-refractivity contribution < 1.29 is 19.1 Å². The van der Waals surface area contributed by atoms with Gasteiger partial charge in [-0.15, -0.1) is 0 Å². The standard InChI is InChI=1S/C14H16ClFN2O3/c15-11-3-1-2-10(13(11)16)14(21)18-8-6-17(7-9-18)5-4-12(19)20/h1-3H,4-9H2,(H,19,20). The van der Waals surface area contributed by atoms with Crippen molar-refractivity contribution >= 4 is 23.5 Å².